The molecule has 0 unspecified atom stereocenters. The second-order valence-corrected chi connectivity index (χ2v) is 13.6. The fourth-order valence-corrected chi connectivity index (χ4v) is 6.45. The number of aromatic nitrogens is 6. The van der Waals surface area contributed by atoms with Gasteiger partial charge >= 0.3 is 0 Å². The maximum atomic E-state index is 10.1. The number of unbranched alkanes of at least 4 members (excludes halogenated alkanes) is 1. The minimum atomic E-state index is 0. The quantitative estimate of drug-likeness (QED) is 0.0978. The first-order valence-electron chi connectivity index (χ1n) is 20.0. The first-order chi connectivity index (χ1) is 29.0. The molecule has 0 N–H and O–H groups in total. The van der Waals surface area contributed by atoms with Gasteiger partial charge in [-0.3, -0.25) is 29.9 Å². The van der Waals surface area contributed by atoms with Crippen molar-refractivity contribution >= 4 is 16.8 Å². The number of allylic oxidation sites excluding steroid dienone is 3. The number of hydrogen-bond acceptors (Lipinski definition) is 9. The minimum Gasteiger partial charge on any atom is -0.455 e. The molecule has 0 saturated heterocycles. The summed E-state index contributed by atoms with van der Waals surface area (Å²) in [5, 5.41) is 10.1. The summed E-state index contributed by atoms with van der Waals surface area (Å²) < 4.78 is 6.32. The fraction of sp³-hybridized carbons (Fsp3) is 0.180. The van der Waals surface area contributed by atoms with Gasteiger partial charge in [0.15, 0.2) is 0 Å². The molecule has 0 spiro atoms. The Hall–Kier alpha value is -6.69. The van der Waals surface area contributed by atoms with Crippen LogP contribution in [0.5, 0.6) is 5.75 Å². The molecular weight excluding hydrogens is 830 g/mol. The van der Waals surface area contributed by atoms with Gasteiger partial charge in [0.2, 0.25) is 0 Å². The van der Waals surface area contributed by atoms with Crippen molar-refractivity contribution in [1.29, 1.82) is 5.26 Å². The first kappa shape index (κ1) is 44.4. The molecule has 0 bridgehead atoms. The van der Waals surface area contributed by atoms with Crippen LogP contribution in [0.4, 0.5) is 5.69 Å². The van der Waals surface area contributed by atoms with E-state index in [1.54, 1.807) is 31.0 Å². The number of hydrogen-bond donors (Lipinski definition) is 0. The SMILES string of the molecule is CCCCc1ccnc(-c2cc(/C(C#N)=C3/C=C(C)c4ccc(N(CC)CC)cc4O3)ccn2)c1.[Ru].c1ccc(-c2ccccn2)nc1.c1ccc(-c2ccccn2)nc1. The van der Waals surface area contributed by atoms with E-state index >= 15 is 0 Å². The Balaban J connectivity index is 0.000000220. The summed E-state index contributed by atoms with van der Waals surface area (Å²) in [6, 6.07) is 39.8. The van der Waals surface area contributed by atoms with Gasteiger partial charge < -0.3 is 9.64 Å². The van der Waals surface area contributed by atoms with E-state index in [1.165, 1.54) is 5.56 Å². The van der Waals surface area contributed by atoms with E-state index in [0.29, 0.717) is 11.3 Å². The number of nitrogens with zero attached hydrogens (tertiary/aromatic N) is 8. The number of anilines is 1. The molecule has 9 nitrogen and oxygen atoms in total. The number of rotatable bonds is 10. The monoisotopic (exact) mass is 878 g/mol. The van der Waals surface area contributed by atoms with Crippen molar-refractivity contribution in [3.8, 4) is 46.0 Å². The van der Waals surface area contributed by atoms with Crippen molar-refractivity contribution < 1.29 is 24.2 Å². The van der Waals surface area contributed by atoms with Gasteiger partial charge in [0.1, 0.15) is 23.2 Å². The Morgan fingerprint density at radius 3 is 1.60 bits per heavy atom. The van der Waals surface area contributed by atoms with Gasteiger partial charge in [-0.1, -0.05) is 37.6 Å². The molecule has 0 fully saturated rings. The topological polar surface area (TPSA) is 114 Å². The molecular formula is C50H48N8ORu. The summed E-state index contributed by atoms with van der Waals surface area (Å²) in [5.41, 5.74) is 10.9. The molecule has 0 aliphatic carbocycles. The Morgan fingerprint density at radius 2 is 1.12 bits per heavy atom. The molecule has 0 saturated carbocycles. The van der Waals surface area contributed by atoms with Gasteiger partial charge in [-0.05, 0) is 141 Å². The van der Waals surface area contributed by atoms with Crippen LogP contribution in [0.3, 0.4) is 0 Å². The first-order valence-corrected chi connectivity index (χ1v) is 20.0. The number of ether oxygens (including phenoxy) is 1. The van der Waals surface area contributed by atoms with Gasteiger partial charge in [0.05, 0.1) is 34.2 Å². The number of nitriles is 1. The summed E-state index contributed by atoms with van der Waals surface area (Å²) in [7, 11) is 0. The van der Waals surface area contributed by atoms with E-state index in [0.717, 1.165) is 94.7 Å². The van der Waals surface area contributed by atoms with Crippen LogP contribution < -0.4 is 9.64 Å². The standard InChI is InChI=1S/C30H32N4O.2C10H8N2.Ru/c1-5-8-9-22-12-14-32-27(17-22)28-18-23(13-15-33-28)26(20-31)29-16-21(4)25-11-10-24(19-30(25)35-29)34(6-2)7-3;2*1-3-7-11-9(5-1)10-6-2-4-8-12-10;/h10-19H,5-9H2,1-4H3;2*1-8H;/b29-26-;;;. The average Bonchev–Trinajstić information content (AvgIpc) is 3.31. The fourth-order valence-electron chi connectivity index (χ4n) is 6.45. The summed E-state index contributed by atoms with van der Waals surface area (Å²) in [4.78, 5) is 28.1. The number of fused-ring (bicyclic) bond motifs is 1. The normalized spacial score (nSPS) is 11.9. The molecule has 1 aliphatic rings. The molecule has 10 heteroatoms. The molecule has 0 amide bonds. The Kier molecular flexibility index (Phi) is 17.1. The maximum Gasteiger partial charge on any atom is 0.146 e. The van der Waals surface area contributed by atoms with Gasteiger partial charge in [-0.15, -0.1) is 0 Å². The zero-order chi connectivity index (χ0) is 41.2. The molecule has 302 valence electrons. The zero-order valence-corrected chi connectivity index (χ0v) is 36.1. The molecule has 0 radical (unpaired) electrons. The smallest absolute Gasteiger partial charge is 0.146 e. The molecule has 7 aromatic rings. The van der Waals surface area contributed by atoms with E-state index in [1.807, 2.05) is 97.2 Å². The van der Waals surface area contributed by atoms with Crippen molar-refractivity contribution in [2.75, 3.05) is 18.0 Å². The van der Waals surface area contributed by atoms with Crippen LogP contribution >= 0.6 is 0 Å². The largest absolute Gasteiger partial charge is 0.455 e. The van der Waals surface area contributed by atoms with Gasteiger partial charge in [0.25, 0.3) is 0 Å². The molecule has 8 rings (SSSR count). The van der Waals surface area contributed by atoms with Crippen LogP contribution in [0.25, 0.3) is 45.3 Å². The van der Waals surface area contributed by atoms with Gasteiger partial charge in [-0.25, -0.2) is 0 Å². The summed E-state index contributed by atoms with van der Waals surface area (Å²) >= 11 is 0. The second-order valence-electron chi connectivity index (χ2n) is 13.6. The Bertz CT molecular complexity index is 2350. The summed E-state index contributed by atoms with van der Waals surface area (Å²) in [6.07, 6.45) is 15.9. The molecule has 7 heterocycles. The average molecular weight is 878 g/mol. The van der Waals surface area contributed by atoms with Crippen LogP contribution in [0, 0.1) is 11.3 Å². The second kappa shape index (κ2) is 23.0. The van der Waals surface area contributed by atoms with E-state index < -0.39 is 0 Å². The predicted octanol–water partition coefficient (Wildman–Crippen LogP) is 11.3. The molecule has 6 aromatic heterocycles. The zero-order valence-electron chi connectivity index (χ0n) is 34.4. The van der Waals surface area contributed by atoms with Crippen LogP contribution in [-0.2, 0) is 25.9 Å². The minimum absolute atomic E-state index is 0. The summed E-state index contributed by atoms with van der Waals surface area (Å²) in [5.74, 6) is 1.33. The van der Waals surface area contributed by atoms with Crippen LogP contribution in [0.15, 0.2) is 164 Å². The predicted molar refractivity (Wildman–Crippen MR) is 238 cm³/mol. The number of pyridine rings is 6. The third kappa shape index (κ3) is 11.9. The molecule has 60 heavy (non-hydrogen) atoms. The Morgan fingerprint density at radius 1 is 0.600 bits per heavy atom. The van der Waals surface area contributed by atoms with E-state index in [2.05, 4.69) is 98.9 Å². The number of benzene rings is 1. The van der Waals surface area contributed by atoms with Gasteiger partial charge in [-0.2, -0.15) is 5.26 Å². The Labute approximate surface area is 366 Å². The van der Waals surface area contributed by atoms with Gasteiger partial charge in [0, 0.05) is 87.1 Å². The van der Waals surface area contributed by atoms with Crippen molar-refractivity contribution in [2.45, 2.75) is 47.0 Å². The third-order valence-electron chi connectivity index (χ3n) is 9.58. The van der Waals surface area contributed by atoms with Crippen molar-refractivity contribution in [3.05, 3.63) is 181 Å². The summed E-state index contributed by atoms with van der Waals surface area (Å²) in [6.45, 7) is 10.4. The van der Waals surface area contributed by atoms with E-state index in [-0.39, 0.29) is 19.5 Å². The molecule has 1 aromatic carbocycles. The third-order valence-corrected chi connectivity index (χ3v) is 9.58. The van der Waals surface area contributed by atoms with Crippen molar-refractivity contribution in [3.63, 3.8) is 0 Å². The number of aryl methyl sites for hydroxylation is 1. The van der Waals surface area contributed by atoms with Crippen molar-refractivity contribution in [2.24, 2.45) is 0 Å². The maximum absolute atomic E-state index is 10.1. The molecule has 0 atom stereocenters. The molecule has 1 aliphatic heterocycles. The van der Waals surface area contributed by atoms with Crippen molar-refractivity contribution in [1.82, 2.24) is 29.9 Å². The van der Waals surface area contributed by atoms with E-state index in [4.69, 9.17) is 4.74 Å². The van der Waals surface area contributed by atoms with E-state index in [9.17, 15) is 5.26 Å². The van der Waals surface area contributed by atoms with Crippen LogP contribution in [0.1, 0.15) is 57.2 Å². The van der Waals surface area contributed by atoms with Crippen LogP contribution in [-0.4, -0.2) is 43.0 Å². The van der Waals surface area contributed by atoms with Crippen LogP contribution in [0.2, 0.25) is 0 Å².